The summed E-state index contributed by atoms with van der Waals surface area (Å²) >= 11 is 0. The van der Waals surface area contributed by atoms with Crippen LogP contribution in [-0.4, -0.2) is 0 Å². The Morgan fingerprint density at radius 3 is 2.33 bits per heavy atom. The SMILES string of the molecule is Cc1cc(N)c2cccc(-c3ccccc3)c2c1. The van der Waals surface area contributed by atoms with Crippen LogP contribution in [0.4, 0.5) is 5.69 Å². The van der Waals surface area contributed by atoms with Gasteiger partial charge in [0, 0.05) is 11.1 Å². The Hall–Kier alpha value is -2.28. The topological polar surface area (TPSA) is 26.0 Å². The van der Waals surface area contributed by atoms with Gasteiger partial charge in [0.2, 0.25) is 0 Å². The summed E-state index contributed by atoms with van der Waals surface area (Å²) in [7, 11) is 0. The van der Waals surface area contributed by atoms with E-state index in [2.05, 4.69) is 55.5 Å². The van der Waals surface area contributed by atoms with Crippen LogP contribution >= 0.6 is 0 Å². The molecule has 0 saturated heterocycles. The van der Waals surface area contributed by atoms with Crippen LogP contribution in [0.25, 0.3) is 21.9 Å². The predicted octanol–water partition coefficient (Wildman–Crippen LogP) is 4.40. The average Bonchev–Trinajstić information content (AvgIpc) is 2.39. The second-order valence-electron chi connectivity index (χ2n) is 4.62. The van der Waals surface area contributed by atoms with Crippen molar-refractivity contribution in [2.75, 3.05) is 5.73 Å². The van der Waals surface area contributed by atoms with Crippen LogP contribution in [0.2, 0.25) is 0 Å². The van der Waals surface area contributed by atoms with Crippen molar-refractivity contribution in [3.8, 4) is 11.1 Å². The van der Waals surface area contributed by atoms with E-state index in [1.807, 2.05) is 12.1 Å². The molecule has 0 spiro atoms. The fourth-order valence-corrected chi connectivity index (χ4v) is 2.43. The Bertz CT molecular complexity index is 699. The standard InChI is InChI=1S/C17H15N/c1-12-10-16-14(13-6-3-2-4-7-13)8-5-9-15(16)17(18)11-12/h2-11H,18H2,1H3. The smallest absolute Gasteiger partial charge is 0.0396 e. The number of rotatable bonds is 1. The first-order chi connectivity index (χ1) is 8.75. The van der Waals surface area contributed by atoms with Crippen LogP contribution in [0.5, 0.6) is 0 Å². The molecular formula is C17H15N. The van der Waals surface area contributed by atoms with Gasteiger partial charge in [0.15, 0.2) is 0 Å². The largest absolute Gasteiger partial charge is 0.398 e. The molecular weight excluding hydrogens is 218 g/mol. The predicted molar refractivity (Wildman–Crippen MR) is 78.5 cm³/mol. The number of nitrogens with two attached hydrogens (primary N) is 1. The zero-order chi connectivity index (χ0) is 12.5. The zero-order valence-corrected chi connectivity index (χ0v) is 10.4. The van der Waals surface area contributed by atoms with E-state index in [4.69, 9.17) is 5.73 Å². The van der Waals surface area contributed by atoms with Crippen molar-refractivity contribution in [3.05, 3.63) is 66.2 Å². The van der Waals surface area contributed by atoms with Gasteiger partial charge in [0.05, 0.1) is 0 Å². The maximum atomic E-state index is 6.10. The highest BCUT2D eigenvalue weighted by Crippen LogP contribution is 2.32. The van der Waals surface area contributed by atoms with Gasteiger partial charge in [-0.25, -0.2) is 0 Å². The number of nitrogen functional groups attached to an aromatic ring is 1. The van der Waals surface area contributed by atoms with E-state index in [9.17, 15) is 0 Å². The zero-order valence-electron chi connectivity index (χ0n) is 10.4. The highest BCUT2D eigenvalue weighted by Gasteiger charge is 2.05. The molecule has 2 N–H and O–H groups in total. The summed E-state index contributed by atoms with van der Waals surface area (Å²) in [6.45, 7) is 2.08. The van der Waals surface area contributed by atoms with E-state index in [0.29, 0.717) is 0 Å². The van der Waals surface area contributed by atoms with E-state index in [1.54, 1.807) is 0 Å². The molecule has 0 aromatic heterocycles. The molecule has 3 aromatic rings. The highest BCUT2D eigenvalue weighted by molar-refractivity contribution is 6.02. The summed E-state index contributed by atoms with van der Waals surface area (Å²) in [5.74, 6) is 0. The van der Waals surface area contributed by atoms with Crippen molar-refractivity contribution in [1.82, 2.24) is 0 Å². The molecule has 0 atom stereocenters. The Labute approximate surface area is 107 Å². The normalized spacial score (nSPS) is 10.7. The highest BCUT2D eigenvalue weighted by atomic mass is 14.5. The molecule has 1 nitrogen and oxygen atoms in total. The van der Waals surface area contributed by atoms with E-state index < -0.39 is 0 Å². The molecule has 0 bridgehead atoms. The molecule has 88 valence electrons. The maximum absolute atomic E-state index is 6.10. The summed E-state index contributed by atoms with van der Waals surface area (Å²) in [6, 6.07) is 20.9. The molecule has 0 heterocycles. The number of anilines is 1. The van der Waals surface area contributed by atoms with Gasteiger partial charge in [-0.05, 0) is 35.1 Å². The van der Waals surface area contributed by atoms with Gasteiger partial charge < -0.3 is 5.73 Å². The lowest BCUT2D eigenvalue weighted by atomic mass is 9.96. The third-order valence-corrected chi connectivity index (χ3v) is 3.26. The second kappa shape index (κ2) is 4.19. The van der Waals surface area contributed by atoms with Crippen LogP contribution in [0, 0.1) is 6.92 Å². The first kappa shape index (κ1) is 10.8. The summed E-state index contributed by atoms with van der Waals surface area (Å²) < 4.78 is 0. The van der Waals surface area contributed by atoms with Gasteiger partial charge in [-0.1, -0.05) is 54.6 Å². The minimum Gasteiger partial charge on any atom is -0.398 e. The van der Waals surface area contributed by atoms with Crippen molar-refractivity contribution in [1.29, 1.82) is 0 Å². The Balaban J connectivity index is 2.37. The van der Waals surface area contributed by atoms with Gasteiger partial charge in [-0.3, -0.25) is 0 Å². The summed E-state index contributed by atoms with van der Waals surface area (Å²) in [5, 5.41) is 2.35. The average molecular weight is 233 g/mol. The van der Waals surface area contributed by atoms with E-state index in [-0.39, 0.29) is 0 Å². The van der Waals surface area contributed by atoms with Crippen LogP contribution in [0.1, 0.15) is 5.56 Å². The maximum Gasteiger partial charge on any atom is 0.0396 e. The van der Waals surface area contributed by atoms with Crippen LogP contribution in [-0.2, 0) is 0 Å². The Morgan fingerprint density at radius 2 is 1.56 bits per heavy atom. The molecule has 0 aliphatic heterocycles. The van der Waals surface area contributed by atoms with Crippen molar-refractivity contribution >= 4 is 16.5 Å². The number of fused-ring (bicyclic) bond motifs is 1. The Morgan fingerprint density at radius 1 is 0.778 bits per heavy atom. The minimum absolute atomic E-state index is 0.850. The van der Waals surface area contributed by atoms with Gasteiger partial charge in [0.1, 0.15) is 0 Å². The van der Waals surface area contributed by atoms with E-state index in [1.165, 1.54) is 22.1 Å². The molecule has 0 saturated carbocycles. The minimum atomic E-state index is 0.850. The molecule has 18 heavy (non-hydrogen) atoms. The first-order valence-corrected chi connectivity index (χ1v) is 6.10. The fraction of sp³-hybridized carbons (Fsp3) is 0.0588. The summed E-state index contributed by atoms with van der Waals surface area (Å²) in [4.78, 5) is 0. The quantitative estimate of drug-likeness (QED) is 0.619. The van der Waals surface area contributed by atoms with Gasteiger partial charge in [-0.15, -0.1) is 0 Å². The molecule has 3 aromatic carbocycles. The van der Waals surface area contributed by atoms with Crippen molar-refractivity contribution in [2.24, 2.45) is 0 Å². The van der Waals surface area contributed by atoms with Crippen molar-refractivity contribution in [3.63, 3.8) is 0 Å². The molecule has 1 heteroatoms. The lowest BCUT2D eigenvalue weighted by Gasteiger charge is -2.10. The molecule has 0 aliphatic rings. The van der Waals surface area contributed by atoms with Gasteiger partial charge in [-0.2, -0.15) is 0 Å². The number of hydrogen-bond donors (Lipinski definition) is 1. The molecule has 0 fully saturated rings. The molecule has 0 amide bonds. The number of hydrogen-bond acceptors (Lipinski definition) is 1. The first-order valence-electron chi connectivity index (χ1n) is 6.10. The molecule has 0 radical (unpaired) electrons. The molecule has 0 aliphatic carbocycles. The molecule has 0 unspecified atom stereocenters. The van der Waals surface area contributed by atoms with Crippen molar-refractivity contribution < 1.29 is 0 Å². The van der Waals surface area contributed by atoms with Crippen LogP contribution in [0.15, 0.2) is 60.7 Å². The lowest BCUT2D eigenvalue weighted by Crippen LogP contribution is -1.90. The number of aryl methyl sites for hydroxylation is 1. The molecule has 3 rings (SSSR count). The van der Waals surface area contributed by atoms with Gasteiger partial charge >= 0.3 is 0 Å². The second-order valence-corrected chi connectivity index (χ2v) is 4.62. The van der Waals surface area contributed by atoms with E-state index in [0.717, 1.165) is 11.1 Å². The van der Waals surface area contributed by atoms with Crippen LogP contribution < -0.4 is 5.73 Å². The Kier molecular flexibility index (Phi) is 2.52. The third-order valence-electron chi connectivity index (χ3n) is 3.26. The lowest BCUT2D eigenvalue weighted by molar-refractivity contribution is 1.50. The van der Waals surface area contributed by atoms with Crippen molar-refractivity contribution in [2.45, 2.75) is 6.92 Å². The van der Waals surface area contributed by atoms with Gasteiger partial charge in [0.25, 0.3) is 0 Å². The third kappa shape index (κ3) is 1.74. The monoisotopic (exact) mass is 233 g/mol. The van der Waals surface area contributed by atoms with Crippen LogP contribution in [0.3, 0.4) is 0 Å². The summed E-state index contributed by atoms with van der Waals surface area (Å²) in [6.07, 6.45) is 0. The summed E-state index contributed by atoms with van der Waals surface area (Å²) in [5.41, 5.74) is 10.6. The number of benzene rings is 3. The fourth-order valence-electron chi connectivity index (χ4n) is 2.43. The van der Waals surface area contributed by atoms with E-state index >= 15 is 0 Å².